The summed E-state index contributed by atoms with van der Waals surface area (Å²) in [6.07, 6.45) is 4.32. The zero-order valence-electron chi connectivity index (χ0n) is 12.6. The van der Waals surface area contributed by atoms with E-state index >= 15 is 0 Å². The minimum atomic E-state index is 0.355. The average Bonchev–Trinajstić information content (AvgIpc) is 2.66. The molecule has 4 N–H and O–H groups in total. The molecule has 1 atom stereocenters. The van der Waals surface area contributed by atoms with E-state index in [-0.39, 0.29) is 0 Å². The van der Waals surface area contributed by atoms with Crippen LogP contribution in [0.25, 0.3) is 11.3 Å². The van der Waals surface area contributed by atoms with Gasteiger partial charge in [-0.15, -0.1) is 0 Å². The third-order valence-electron chi connectivity index (χ3n) is 4.84. The molecule has 2 heterocycles. The number of hydrogen-bond acceptors (Lipinski definition) is 5. The lowest BCUT2D eigenvalue weighted by Crippen LogP contribution is -2.52. The second-order valence-electron chi connectivity index (χ2n) is 6.11. The average molecular weight is 295 g/mol. The van der Waals surface area contributed by atoms with Gasteiger partial charge >= 0.3 is 0 Å². The summed E-state index contributed by atoms with van der Waals surface area (Å²) < 4.78 is 0. The predicted octanol–water partition coefficient (Wildman–Crippen LogP) is 1.75. The number of aryl methyl sites for hydroxylation is 1. The molecule has 1 aliphatic carbocycles. The van der Waals surface area contributed by atoms with E-state index < -0.39 is 0 Å². The van der Waals surface area contributed by atoms with Crippen molar-refractivity contribution >= 4 is 11.8 Å². The molecule has 114 valence electrons. The lowest BCUT2D eigenvalue weighted by Gasteiger charge is -2.42. The summed E-state index contributed by atoms with van der Waals surface area (Å²) in [6.45, 7) is 1.67. The molecular weight excluding hydrogens is 274 g/mol. The van der Waals surface area contributed by atoms with Crippen molar-refractivity contribution in [1.29, 1.82) is 0 Å². The van der Waals surface area contributed by atoms with Crippen LogP contribution >= 0.6 is 0 Å². The molecule has 0 amide bonds. The Hall–Kier alpha value is -2.14. The van der Waals surface area contributed by atoms with Gasteiger partial charge in [-0.2, -0.15) is 4.98 Å². The predicted molar refractivity (Wildman–Crippen MR) is 88.7 cm³/mol. The maximum atomic E-state index is 6.01. The standard InChI is InChI=1S/C17H21N5/c18-10-12-8-9-22(12)16-14-7-3-5-11-4-1-2-6-13(11)15(14)20-17(19)21-16/h1-2,4,6,12H,3,5,7-10,18H2,(H2,19,20,21). The summed E-state index contributed by atoms with van der Waals surface area (Å²) in [6, 6.07) is 8.88. The van der Waals surface area contributed by atoms with Crippen molar-refractivity contribution in [2.75, 3.05) is 23.7 Å². The Morgan fingerprint density at radius 2 is 2.05 bits per heavy atom. The fourth-order valence-corrected chi connectivity index (χ4v) is 3.57. The first-order valence-corrected chi connectivity index (χ1v) is 7.99. The number of aromatic nitrogens is 2. The molecule has 1 aromatic carbocycles. The van der Waals surface area contributed by atoms with Crippen molar-refractivity contribution in [2.24, 2.45) is 5.73 Å². The summed E-state index contributed by atoms with van der Waals surface area (Å²) in [5.74, 6) is 1.36. The summed E-state index contributed by atoms with van der Waals surface area (Å²) in [7, 11) is 0. The van der Waals surface area contributed by atoms with Gasteiger partial charge in [0.05, 0.1) is 5.69 Å². The summed E-state index contributed by atoms with van der Waals surface area (Å²) >= 11 is 0. The summed E-state index contributed by atoms with van der Waals surface area (Å²) in [4.78, 5) is 11.4. The molecule has 0 radical (unpaired) electrons. The first-order chi connectivity index (χ1) is 10.8. The third-order valence-corrected chi connectivity index (χ3v) is 4.84. The van der Waals surface area contributed by atoms with Gasteiger partial charge in [0.15, 0.2) is 0 Å². The van der Waals surface area contributed by atoms with Gasteiger partial charge in [-0.25, -0.2) is 4.98 Å². The zero-order valence-corrected chi connectivity index (χ0v) is 12.6. The highest BCUT2D eigenvalue weighted by atomic mass is 15.3. The molecule has 4 rings (SSSR count). The Labute approximate surface area is 130 Å². The van der Waals surface area contributed by atoms with Crippen molar-refractivity contribution in [2.45, 2.75) is 31.7 Å². The Kier molecular flexibility index (Phi) is 3.22. The van der Waals surface area contributed by atoms with Crippen LogP contribution in [0.3, 0.4) is 0 Å². The molecule has 1 unspecified atom stereocenters. The topological polar surface area (TPSA) is 81.1 Å². The van der Waals surface area contributed by atoms with Crippen LogP contribution < -0.4 is 16.4 Å². The Morgan fingerprint density at radius 1 is 1.18 bits per heavy atom. The van der Waals surface area contributed by atoms with Crippen LogP contribution in [0.1, 0.15) is 24.0 Å². The molecule has 0 spiro atoms. The first kappa shape index (κ1) is 13.5. The quantitative estimate of drug-likeness (QED) is 0.882. The van der Waals surface area contributed by atoms with E-state index in [9.17, 15) is 0 Å². The molecule has 2 aliphatic rings. The number of nitrogens with two attached hydrogens (primary N) is 2. The third kappa shape index (κ3) is 2.04. The number of fused-ring (bicyclic) bond motifs is 3. The van der Waals surface area contributed by atoms with Crippen molar-refractivity contribution in [3.05, 3.63) is 35.4 Å². The Morgan fingerprint density at radius 3 is 2.82 bits per heavy atom. The molecule has 0 saturated carbocycles. The first-order valence-electron chi connectivity index (χ1n) is 7.99. The number of benzene rings is 1. The Bertz CT molecular complexity index is 710. The van der Waals surface area contributed by atoms with Crippen LogP contribution in [-0.2, 0) is 12.8 Å². The molecule has 0 bridgehead atoms. The fraction of sp³-hybridized carbons (Fsp3) is 0.412. The zero-order chi connectivity index (χ0) is 15.1. The Balaban J connectivity index is 1.89. The molecule has 1 fully saturated rings. The molecule has 1 aliphatic heterocycles. The van der Waals surface area contributed by atoms with Crippen molar-refractivity contribution in [3.63, 3.8) is 0 Å². The monoisotopic (exact) mass is 295 g/mol. The van der Waals surface area contributed by atoms with Gasteiger partial charge < -0.3 is 16.4 Å². The molecule has 5 heteroatoms. The van der Waals surface area contributed by atoms with Gasteiger partial charge in [-0.3, -0.25) is 0 Å². The van der Waals surface area contributed by atoms with Crippen LogP contribution in [0.4, 0.5) is 11.8 Å². The smallest absolute Gasteiger partial charge is 0.222 e. The van der Waals surface area contributed by atoms with E-state index in [1.807, 2.05) is 0 Å². The number of anilines is 2. The maximum absolute atomic E-state index is 6.01. The molecule has 2 aromatic rings. The highest BCUT2D eigenvalue weighted by Gasteiger charge is 2.32. The van der Waals surface area contributed by atoms with Crippen LogP contribution in [0.15, 0.2) is 24.3 Å². The van der Waals surface area contributed by atoms with E-state index in [4.69, 9.17) is 11.5 Å². The second kappa shape index (κ2) is 5.25. The van der Waals surface area contributed by atoms with Crippen molar-refractivity contribution in [1.82, 2.24) is 9.97 Å². The van der Waals surface area contributed by atoms with Gasteiger partial charge in [-0.1, -0.05) is 24.3 Å². The normalized spacial score (nSPS) is 19.9. The van der Waals surface area contributed by atoms with Crippen LogP contribution in [0.2, 0.25) is 0 Å². The van der Waals surface area contributed by atoms with Crippen LogP contribution in [-0.4, -0.2) is 29.1 Å². The summed E-state index contributed by atoms with van der Waals surface area (Å²) in [5.41, 5.74) is 16.7. The van der Waals surface area contributed by atoms with Gasteiger partial charge in [0, 0.05) is 30.3 Å². The number of nitrogen functional groups attached to an aromatic ring is 1. The summed E-state index contributed by atoms with van der Waals surface area (Å²) in [5, 5.41) is 0. The van der Waals surface area contributed by atoms with Gasteiger partial charge in [0.1, 0.15) is 5.82 Å². The molecule has 1 saturated heterocycles. The number of rotatable bonds is 2. The fourth-order valence-electron chi connectivity index (χ4n) is 3.57. The SMILES string of the molecule is NCC1CCN1c1nc(N)nc2c1CCCc1ccccc1-2. The van der Waals surface area contributed by atoms with Crippen molar-refractivity contribution < 1.29 is 0 Å². The second-order valence-corrected chi connectivity index (χ2v) is 6.11. The maximum Gasteiger partial charge on any atom is 0.222 e. The van der Waals surface area contributed by atoms with Crippen molar-refractivity contribution in [3.8, 4) is 11.3 Å². The van der Waals surface area contributed by atoms with Gasteiger partial charge in [0.25, 0.3) is 0 Å². The highest BCUT2D eigenvalue weighted by Crippen LogP contribution is 2.38. The van der Waals surface area contributed by atoms with E-state index in [0.717, 1.165) is 43.7 Å². The number of nitrogens with zero attached hydrogens (tertiary/aromatic N) is 3. The molecule has 1 aromatic heterocycles. The highest BCUT2D eigenvalue weighted by molar-refractivity contribution is 5.74. The molecule has 22 heavy (non-hydrogen) atoms. The van der Waals surface area contributed by atoms with E-state index in [1.54, 1.807) is 0 Å². The minimum absolute atomic E-state index is 0.355. The molecular formula is C17H21N5. The van der Waals surface area contributed by atoms with E-state index in [1.165, 1.54) is 16.7 Å². The lowest BCUT2D eigenvalue weighted by atomic mass is 9.99. The van der Waals surface area contributed by atoms with Gasteiger partial charge in [-0.05, 0) is 31.2 Å². The van der Waals surface area contributed by atoms with E-state index in [0.29, 0.717) is 18.5 Å². The molecule has 5 nitrogen and oxygen atoms in total. The lowest BCUT2D eigenvalue weighted by molar-refractivity contribution is 0.450. The number of hydrogen-bond donors (Lipinski definition) is 2. The van der Waals surface area contributed by atoms with Crippen LogP contribution in [0, 0.1) is 0 Å². The van der Waals surface area contributed by atoms with Crippen LogP contribution in [0.5, 0.6) is 0 Å². The van der Waals surface area contributed by atoms with E-state index in [2.05, 4.69) is 39.1 Å². The largest absolute Gasteiger partial charge is 0.368 e. The minimum Gasteiger partial charge on any atom is -0.368 e. The van der Waals surface area contributed by atoms with Gasteiger partial charge in [0.2, 0.25) is 5.95 Å².